The highest BCUT2D eigenvalue weighted by atomic mass is 127. The molecule has 148 valence electrons. The number of hydrogen-bond donors (Lipinski definition) is 2. The van der Waals surface area contributed by atoms with E-state index < -0.39 is 0 Å². The van der Waals surface area contributed by atoms with Crippen molar-refractivity contribution in [3.8, 4) is 0 Å². The minimum Gasteiger partial charge on any atom is -0.381 e. The van der Waals surface area contributed by atoms with Crippen molar-refractivity contribution in [2.75, 3.05) is 26.8 Å². The van der Waals surface area contributed by atoms with Crippen molar-refractivity contribution in [3.63, 3.8) is 0 Å². The lowest BCUT2D eigenvalue weighted by molar-refractivity contribution is 0.0512. The molecule has 1 saturated heterocycles. The van der Waals surface area contributed by atoms with Gasteiger partial charge in [-0.15, -0.1) is 35.3 Å². The fourth-order valence-electron chi connectivity index (χ4n) is 3.59. The number of aliphatic imine (C=N–C) groups is 1. The topological polar surface area (TPSA) is 58.5 Å². The molecule has 5 nitrogen and oxygen atoms in total. The summed E-state index contributed by atoms with van der Waals surface area (Å²) in [6, 6.07) is 8.70. The third-order valence-electron chi connectivity index (χ3n) is 5.06. The largest absolute Gasteiger partial charge is 0.381 e. The molecular weight excluding hydrogens is 471 g/mol. The Morgan fingerprint density at radius 3 is 2.59 bits per heavy atom. The molecule has 2 aromatic rings. The zero-order valence-electron chi connectivity index (χ0n) is 16.2. The van der Waals surface area contributed by atoms with Crippen molar-refractivity contribution in [1.29, 1.82) is 0 Å². The van der Waals surface area contributed by atoms with Crippen LogP contribution in [0.15, 0.2) is 35.5 Å². The van der Waals surface area contributed by atoms with Crippen LogP contribution in [0.5, 0.6) is 0 Å². The van der Waals surface area contributed by atoms with Gasteiger partial charge in [0.2, 0.25) is 0 Å². The van der Waals surface area contributed by atoms with Gasteiger partial charge in [-0.3, -0.25) is 4.99 Å². The molecule has 1 aliphatic heterocycles. The number of thiazole rings is 1. The van der Waals surface area contributed by atoms with E-state index in [4.69, 9.17) is 4.74 Å². The summed E-state index contributed by atoms with van der Waals surface area (Å²) in [6.45, 7) is 7.42. The Morgan fingerprint density at radius 1 is 1.22 bits per heavy atom. The molecule has 27 heavy (non-hydrogen) atoms. The van der Waals surface area contributed by atoms with Gasteiger partial charge in [0.05, 0.1) is 6.54 Å². The van der Waals surface area contributed by atoms with Crippen LogP contribution in [0, 0.1) is 13.8 Å². The summed E-state index contributed by atoms with van der Waals surface area (Å²) in [6.07, 6.45) is 3.95. The second kappa shape index (κ2) is 10.4. The summed E-state index contributed by atoms with van der Waals surface area (Å²) in [4.78, 5) is 10.0. The van der Waals surface area contributed by atoms with E-state index in [1.165, 1.54) is 16.0 Å². The van der Waals surface area contributed by atoms with Gasteiger partial charge in [0.25, 0.3) is 0 Å². The highest BCUT2D eigenvalue weighted by Gasteiger charge is 2.35. The van der Waals surface area contributed by atoms with Gasteiger partial charge in [-0.2, -0.15) is 0 Å². The number of nitrogens with zero attached hydrogens (tertiary/aromatic N) is 2. The average molecular weight is 500 g/mol. The second-order valence-electron chi connectivity index (χ2n) is 6.85. The van der Waals surface area contributed by atoms with Gasteiger partial charge in [-0.05, 0) is 37.8 Å². The Bertz CT molecular complexity index is 756. The third kappa shape index (κ3) is 5.65. The van der Waals surface area contributed by atoms with Crippen LogP contribution in [-0.4, -0.2) is 37.7 Å². The van der Waals surface area contributed by atoms with Crippen molar-refractivity contribution in [3.05, 3.63) is 51.5 Å². The highest BCUT2D eigenvalue weighted by Crippen LogP contribution is 2.36. The molecule has 0 spiro atoms. The molecule has 1 aliphatic rings. The SMILES string of the molecule is CN=C(NCc1ncc(C)s1)NCC1(c2ccccc2C)CCOCC1.I. The number of guanidine groups is 1. The van der Waals surface area contributed by atoms with Crippen molar-refractivity contribution < 1.29 is 4.74 Å². The first-order valence-electron chi connectivity index (χ1n) is 9.13. The van der Waals surface area contributed by atoms with E-state index in [9.17, 15) is 0 Å². The average Bonchev–Trinajstić information content (AvgIpc) is 3.08. The van der Waals surface area contributed by atoms with Crippen LogP contribution in [0.1, 0.15) is 33.9 Å². The summed E-state index contributed by atoms with van der Waals surface area (Å²) in [5.74, 6) is 0.817. The van der Waals surface area contributed by atoms with E-state index in [0.29, 0.717) is 6.54 Å². The number of aryl methyl sites for hydroxylation is 2. The predicted octanol–water partition coefficient (Wildman–Crippen LogP) is 3.79. The smallest absolute Gasteiger partial charge is 0.191 e. The minimum absolute atomic E-state index is 0. The summed E-state index contributed by atoms with van der Waals surface area (Å²) in [5, 5.41) is 7.99. The first-order valence-corrected chi connectivity index (χ1v) is 9.94. The maximum absolute atomic E-state index is 5.65. The molecule has 2 N–H and O–H groups in total. The quantitative estimate of drug-likeness (QED) is 0.373. The van der Waals surface area contributed by atoms with Gasteiger partial charge in [-0.1, -0.05) is 24.3 Å². The fourth-order valence-corrected chi connectivity index (χ4v) is 4.31. The van der Waals surface area contributed by atoms with Gasteiger partial charge in [0.15, 0.2) is 5.96 Å². The first kappa shape index (κ1) is 22.1. The molecule has 0 aliphatic carbocycles. The molecule has 0 bridgehead atoms. The lowest BCUT2D eigenvalue weighted by atomic mass is 9.72. The van der Waals surface area contributed by atoms with Gasteiger partial charge in [-0.25, -0.2) is 4.98 Å². The monoisotopic (exact) mass is 500 g/mol. The van der Waals surface area contributed by atoms with Crippen LogP contribution in [0.25, 0.3) is 0 Å². The maximum atomic E-state index is 5.65. The first-order chi connectivity index (χ1) is 12.6. The van der Waals surface area contributed by atoms with Crippen molar-refractivity contribution >= 4 is 41.3 Å². The number of ether oxygens (including phenoxy) is 1. The van der Waals surface area contributed by atoms with Crippen LogP contribution in [-0.2, 0) is 16.7 Å². The minimum atomic E-state index is 0. The Balaban J connectivity index is 0.00000261. The molecule has 1 aromatic heterocycles. The zero-order valence-corrected chi connectivity index (χ0v) is 19.4. The number of nitrogens with one attached hydrogen (secondary N) is 2. The number of rotatable bonds is 5. The van der Waals surface area contributed by atoms with Crippen molar-refractivity contribution in [1.82, 2.24) is 15.6 Å². The van der Waals surface area contributed by atoms with Crippen molar-refractivity contribution in [2.24, 2.45) is 4.99 Å². The van der Waals surface area contributed by atoms with Crippen LogP contribution < -0.4 is 10.6 Å². The zero-order chi connectivity index (χ0) is 18.4. The molecule has 3 rings (SSSR count). The van der Waals surface area contributed by atoms with E-state index >= 15 is 0 Å². The molecule has 0 atom stereocenters. The summed E-state index contributed by atoms with van der Waals surface area (Å²) >= 11 is 1.71. The highest BCUT2D eigenvalue weighted by molar-refractivity contribution is 14.0. The Kier molecular flexibility index (Phi) is 8.50. The van der Waals surface area contributed by atoms with Crippen molar-refractivity contribution in [2.45, 2.75) is 38.6 Å². The Labute approximate surface area is 183 Å². The standard InChI is InChI=1S/C20H28N4OS.HI/c1-15-6-4-5-7-17(15)20(8-10-25-11-9-20)14-24-19(21-3)23-13-18-22-12-16(2)26-18;/h4-7,12H,8-11,13-14H2,1-3H3,(H2,21,23,24);1H. The number of halogens is 1. The number of aromatic nitrogens is 1. The Morgan fingerprint density at radius 2 is 1.96 bits per heavy atom. The van der Waals surface area contributed by atoms with E-state index in [-0.39, 0.29) is 29.4 Å². The molecule has 0 unspecified atom stereocenters. The molecule has 1 aromatic carbocycles. The normalized spacial score (nSPS) is 16.5. The van der Waals surface area contributed by atoms with E-state index in [1.807, 2.05) is 13.2 Å². The molecule has 2 heterocycles. The van der Waals surface area contributed by atoms with E-state index in [1.54, 1.807) is 11.3 Å². The molecule has 0 amide bonds. The summed E-state index contributed by atoms with van der Waals surface area (Å²) < 4.78 is 5.65. The molecule has 0 saturated carbocycles. The van der Waals surface area contributed by atoms with Crippen LogP contribution >= 0.6 is 35.3 Å². The van der Waals surface area contributed by atoms with E-state index in [2.05, 4.69) is 58.7 Å². The Hall–Kier alpha value is -1.19. The predicted molar refractivity (Wildman–Crippen MR) is 123 cm³/mol. The third-order valence-corrected chi connectivity index (χ3v) is 5.97. The van der Waals surface area contributed by atoms with E-state index in [0.717, 1.165) is 43.6 Å². The fraction of sp³-hybridized carbons (Fsp3) is 0.500. The summed E-state index contributed by atoms with van der Waals surface area (Å²) in [5.41, 5.74) is 2.85. The van der Waals surface area contributed by atoms with Gasteiger partial charge >= 0.3 is 0 Å². The van der Waals surface area contributed by atoms with Crippen LogP contribution in [0.4, 0.5) is 0 Å². The van der Waals surface area contributed by atoms with Crippen LogP contribution in [0.3, 0.4) is 0 Å². The second-order valence-corrected chi connectivity index (χ2v) is 8.17. The summed E-state index contributed by atoms with van der Waals surface area (Å²) in [7, 11) is 1.81. The lowest BCUT2D eigenvalue weighted by Crippen LogP contribution is -2.48. The maximum Gasteiger partial charge on any atom is 0.191 e. The van der Waals surface area contributed by atoms with Gasteiger partial charge in [0, 0.05) is 43.3 Å². The molecule has 0 radical (unpaired) electrons. The van der Waals surface area contributed by atoms with Gasteiger partial charge < -0.3 is 15.4 Å². The number of hydrogen-bond acceptors (Lipinski definition) is 4. The lowest BCUT2D eigenvalue weighted by Gasteiger charge is -2.39. The molecule has 7 heteroatoms. The molecule has 1 fully saturated rings. The van der Waals surface area contributed by atoms with Gasteiger partial charge in [0.1, 0.15) is 5.01 Å². The molecular formula is C20H29IN4OS. The number of benzene rings is 1. The van der Waals surface area contributed by atoms with Crippen LogP contribution in [0.2, 0.25) is 0 Å².